The van der Waals surface area contributed by atoms with Gasteiger partial charge in [-0.05, 0) is 46.5 Å². The third-order valence-corrected chi connectivity index (χ3v) is 11.1. The number of rotatable bonds is 29. The van der Waals surface area contributed by atoms with E-state index in [1.54, 1.807) is 0 Å². The van der Waals surface area contributed by atoms with E-state index < -0.39 is 8.80 Å². The van der Waals surface area contributed by atoms with Crippen LogP contribution in [-0.4, -0.2) is 62.9 Å². The van der Waals surface area contributed by atoms with Gasteiger partial charge in [-0.3, -0.25) is 14.5 Å². The Hall–Kier alpha value is -0.253. The Bertz CT molecular complexity index is 581. The van der Waals surface area contributed by atoms with Crippen molar-refractivity contribution < 1.29 is 22.9 Å². The highest BCUT2D eigenvalue weighted by Gasteiger charge is 2.42. The molecule has 0 aliphatic carbocycles. The average molecular weight is 590 g/mol. The highest BCUT2D eigenvalue weighted by Crippen LogP contribution is 2.24. The van der Waals surface area contributed by atoms with E-state index in [4.69, 9.17) is 13.3 Å². The molecule has 0 spiro atoms. The van der Waals surface area contributed by atoms with E-state index in [0.717, 1.165) is 76.2 Å². The fourth-order valence-corrected chi connectivity index (χ4v) is 8.47. The van der Waals surface area contributed by atoms with Gasteiger partial charge in [-0.25, -0.2) is 0 Å². The van der Waals surface area contributed by atoms with E-state index in [1.165, 1.54) is 44.9 Å². The summed E-state index contributed by atoms with van der Waals surface area (Å²) in [6.07, 6.45) is 17.8. The van der Waals surface area contributed by atoms with Gasteiger partial charge in [-0.2, -0.15) is 0 Å². The number of nitrogens with zero attached hydrogens (tertiary/aromatic N) is 1. The number of carbonyl (C=O) groups is 2. The molecule has 0 saturated heterocycles. The Morgan fingerprint density at radius 3 is 1.67 bits per heavy atom. The minimum Gasteiger partial charge on any atom is -0.374 e. The van der Waals surface area contributed by atoms with Crippen LogP contribution in [0.2, 0.25) is 6.04 Å². The zero-order valence-electron chi connectivity index (χ0n) is 26.5. The number of hydrogen-bond donors (Lipinski definition) is 0. The van der Waals surface area contributed by atoms with Crippen molar-refractivity contribution in [2.45, 2.75) is 157 Å². The highest BCUT2D eigenvalue weighted by molar-refractivity contribution is 8.15. The van der Waals surface area contributed by atoms with Crippen LogP contribution in [0.5, 0.6) is 0 Å². The summed E-state index contributed by atoms with van der Waals surface area (Å²) in [7, 11) is -2.90. The maximum atomic E-state index is 12.4. The van der Waals surface area contributed by atoms with Crippen molar-refractivity contribution in [2.75, 3.05) is 32.1 Å². The van der Waals surface area contributed by atoms with Gasteiger partial charge in [0.25, 0.3) is 5.12 Å². The van der Waals surface area contributed by atoms with E-state index in [-0.39, 0.29) is 17.1 Å². The zero-order chi connectivity index (χ0) is 29.2. The van der Waals surface area contributed by atoms with Crippen LogP contribution in [0.25, 0.3) is 0 Å². The van der Waals surface area contributed by atoms with Crippen molar-refractivity contribution in [2.24, 2.45) is 0 Å². The Morgan fingerprint density at radius 1 is 0.692 bits per heavy atom. The summed E-state index contributed by atoms with van der Waals surface area (Å²) in [5, 5.41) is -0.300. The van der Waals surface area contributed by atoms with Crippen LogP contribution >= 0.6 is 11.8 Å². The third kappa shape index (κ3) is 20.3. The standard InChI is InChI=1S/C31H63NO5SSi/c1-7-12-15-16-17-18-19-20-21-22-24-30(33)31(34)38-27-23-28-39(35-10-4,36-11-5)37-29(6)32(25-13-8-2)26-14-9-3/h29H,7-28H2,1-6H3. The Kier molecular flexibility index (Phi) is 26.5. The van der Waals surface area contributed by atoms with Gasteiger partial charge in [0.05, 0.1) is 0 Å². The molecular weight excluding hydrogens is 526 g/mol. The molecule has 39 heavy (non-hydrogen) atoms. The number of thioether (sulfide) groups is 1. The Balaban J connectivity index is 4.51. The minimum absolute atomic E-state index is 0.0789. The summed E-state index contributed by atoms with van der Waals surface area (Å²) in [6, 6.07) is 0.654. The maximum Gasteiger partial charge on any atom is 0.502 e. The van der Waals surface area contributed by atoms with Gasteiger partial charge in [0.15, 0.2) is 0 Å². The van der Waals surface area contributed by atoms with Crippen molar-refractivity contribution >= 4 is 31.5 Å². The Morgan fingerprint density at radius 2 is 1.18 bits per heavy atom. The molecule has 0 aromatic heterocycles. The molecule has 232 valence electrons. The van der Waals surface area contributed by atoms with Crippen LogP contribution in [0.1, 0.15) is 144 Å². The van der Waals surface area contributed by atoms with E-state index in [0.29, 0.717) is 31.4 Å². The molecule has 0 N–H and O–H groups in total. The maximum absolute atomic E-state index is 12.4. The van der Waals surface area contributed by atoms with Crippen molar-refractivity contribution in [3.05, 3.63) is 0 Å². The summed E-state index contributed by atoms with van der Waals surface area (Å²) in [5.41, 5.74) is 0. The number of Topliss-reactive ketones (excluding diaryl/α,β-unsaturated/α-hetero) is 1. The highest BCUT2D eigenvalue weighted by atomic mass is 32.2. The predicted octanol–water partition coefficient (Wildman–Crippen LogP) is 8.79. The molecule has 0 aliphatic rings. The van der Waals surface area contributed by atoms with Gasteiger partial charge in [0.1, 0.15) is 6.23 Å². The van der Waals surface area contributed by atoms with Gasteiger partial charge in [-0.1, -0.05) is 103 Å². The van der Waals surface area contributed by atoms with Gasteiger partial charge >= 0.3 is 8.80 Å². The second kappa shape index (κ2) is 26.6. The smallest absolute Gasteiger partial charge is 0.374 e. The normalized spacial score (nSPS) is 12.8. The molecule has 0 rings (SSSR count). The molecule has 1 unspecified atom stereocenters. The van der Waals surface area contributed by atoms with E-state index in [2.05, 4.69) is 32.6 Å². The first kappa shape index (κ1) is 38.7. The van der Waals surface area contributed by atoms with Gasteiger partial charge in [0.2, 0.25) is 5.78 Å². The number of ketones is 1. The van der Waals surface area contributed by atoms with Crippen molar-refractivity contribution in [3.63, 3.8) is 0 Å². The van der Waals surface area contributed by atoms with E-state index >= 15 is 0 Å². The number of unbranched alkanes of at least 4 members (excludes halogenated alkanes) is 11. The molecule has 0 heterocycles. The summed E-state index contributed by atoms with van der Waals surface area (Å²) in [6.45, 7) is 15.8. The summed E-state index contributed by atoms with van der Waals surface area (Å²) < 4.78 is 19.0. The molecule has 0 aromatic carbocycles. The van der Waals surface area contributed by atoms with Crippen LogP contribution in [0.3, 0.4) is 0 Å². The molecule has 0 aliphatic heterocycles. The fraction of sp³-hybridized carbons (Fsp3) is 0.935. The molecule has 0 aromatic rings. The summed E-state index contributed by atoms with van der Waals surface area (Å²) in [5.74, 6) is 0.356. The monoisotopic (exact) mass is 589 g/mol. The largest absolute Gasteiger partial charge is 0.502 e. The lowest BCUT2D eigenvalue weighted by molar-refractivity contribution is -0.131. The van der Waals surface area contributed by atoms with Crippen molar-refractivity contribution in [3.8, 4) is 0 Å². The van der Waals surface area contributed by atoms with Crippen LogP contribution < -0.4 is 0 Å². The lowest BCUT2D eigenvalue weighted by Crippen LogP contribution is -2.52. The van der Waals surface area contributed by atoms with Crippen LogP contribution in [0, 0.1) is 0 Å². The van der Waals surface area contributed by atoms with E-state index in [1.807, 2.05) is 13.8 Å². The SMILES string of the molecule is CCCCCCCCCCCCC(=O)C(=O)SCCC[Si](OCC)(OCC)OC(C)N(CCCC)CCCC. The van der Waals surface area contributed by atoms with Crippen LogP contribution in [-0.2, 0) is 22.9 Å². The summed E-state index contributed by atoms with van der Waals surface area (Å²) >= 11 is 1.15. The quantitative estimate of drug-likeness (QED) is 0.0374. The second-order valence-corrected chi connectivity index (χ2v) is 14.4. The predicted molar refractivity (Wildman–Crippen MR) is 169 cm³/mol. The zero-order valence-corrected chi connectivity index (χ0v) is 28.3. The number of hydrogen-bond acceptors (Lipinski definition) is 7. The van der Waals surface area contributed by atoms with Crippen molar-refractivity contribution in [1.29, 1.82) is 0 Å². The molecule has 0 saturated carbocycles. The lowest BCUT2D eigenvalue weighted by Gasteiger charge is -2.36. The molecule has 0 bridgehead atoms. The lowest BCUT2D eigenvalue weighted by atomic mass is 10.1. The third-order valence-electron chi connectivity index (χ3n) is 7.04. The van der Waals surface area contributed by atoms with Gasteiger partial charge in [-0.15, -0.1) is 0 Å². The topological polar surface area (TPSA) is 65.1 Å². The molecule has 0 amide bonds. The van der Waals surface area contributed by atoms with E-state index in [9.17, 15) is 9.59 Å². The first-order valence-corrected chi connectivity index (χ1v) is 19.2. The molecule has 0 fully saturated rings. The molecular formula is C31H63NO5SSi. The molecule has 0 radical (unpaired) electrons. The van der Waals surface area contributed by atoms with Crippen LogP contribution in [0.15, 0.2) is 0 Å². The molecule has 8 heteroatoms. The first-order valence-electron chi connectivity index (χ1n) is 16.3. The Labute approximate surface area is 247 Å². The second-order valence-electron chi connectivity index (χ2n) is 10.6. The first-order chi connectivity index (χ1) is 18.9. The fourth-order valence-electron chi connectivity index (χ4n) is 4.69. The molecule has 1 atom stereocenters. The number of carbonyl (C=O) groups excluding carboxylic acids is 2. The average Bonchev–Trinajstić information content (AvgIpc) is 2.92. The summed E-state index contributed by atoms with van der Waals surface area (Å²) in [4.78, 5) is 27.1. The minimum atomic E-state index is -2.90. The van der Waals surface area contributed by atoms with Crippen molar-refractivity contribution in [1.82, 2.24) is 4.90 Å². The van der Waals surface area contributed by atoms with Gasteiger partial charge < -0.3 is 13.3 Å². The molecule has 6 nitrogen and oxygen atoms in total. The van der Waals surface area contributed by atoms with Crippen LogP contribution in [0.4, 0.5) is 0 Å². The van der Waals surface area contributed by atoms with Gasteiger partial charge in [0, 0.05) is 44.5 Å².